The Morgan fingerprint density at radius 3 is 1.80 bits per heavy atom. The summed E-state index contributed by atoms with van der Waals surface area (Å²) in [4.78, 5) is 11.1. The molecular weight excluding hydrogens is 324 g/mol. The van der Waals surface area contributed by atoms with Gasteiger partial charge < -0.3 is 9.22 Å². The fourth-order valence-electron chi connectivity index (χ4n) is 3.78. The van der Waals surface area contributed by atoms with Crippen LogP contribution in [-0.2, 0) is 9.22 Å². The second-order valence-electron chi connectivity index (χ2n) is 8.32. The van der Waals surface area contributed by atoms with E-state index >= 15 is 0 Å². The van der Waals surface area contributed by atoms with Gasteiger partial charge in [-0.2, -0.15) is 0 Å². The number of carbonyl (C=O) groups is 1. The highest BCUT2D eigenvalue weighted by molar-refractivity contribution is 6.99. The van der Waals surface area contributed by atoms with Crippen LogP contribution in [0.4, 0.5) is 0 Å². The third-order valence-corrected chi connectivity index (χ3v) is 10.5. The van der Waals surface area contributed by atoms with E-state index in [4.69, 9.17) is 4.43 Å². The Hall–Kier alpha value is -1.71. The molecule has 1 aliphatic carbocycles. The fourth-order valence-corrected chi connectivity index (χ4v) is 8.46. The normalized spacial score (nSPS) is 16.4. The van der Waals surface area contributed by atoms with Crippen LogP contribution in [0.2, 0.25) is 5.04 Å². The monoisotopic (exact) mass is 352 g/mol. The molecule has 0 aliphatic heterocycles. The second-order valence-corrected chi connectivity index (χ2v) is 12.6. The van der Waals surface area contributed by atoms with Crippen molar-refractivity contribution in [3.05, 3.63) is 60.7 Å². The minimum Gasteiger partial charge on any atom is -0.407 e. The van der Waals surface area contributed by atoms with Crippen LogP contribution in [0.3, 0.4) is 0 Å². The van der Waals surface area contributed by atoms with E-state index in [1.807, 2.05) is 0 Å². The molecule has 3 heteroatoms. The molecule has 25 heavy (non-hydrogen) atoms. The van der Waals surface area contributed by atoms with Crippen molar-refractivity contribution in [3.8, 4) is 0 Å². The molecule has 0 aromatic heterocycles. The largest absolute Gasteiger partial charge is 0.407 e. The highest BCUT2D eigenvalue weighted by atomic mass is 28.4. The van der Waals surface area contributed by atoms with Crippen molar-refractivity contribution in [3.63, 3.8) is 0 Å². The Labute approximate surface area is 152 Å². The Morgan fingerprint density at radius 2 is 1.44 bits per heavy atom. The lowest BCUT2D eigenvalue weighted by atomic mass is 10.1. The van der Waals surface area contributed by atoms with Crippen molar-refractivity contribution in [2.24, 2.45) is 5.41 Å². The van der Waals surface area contributed by atoms with Gasteiger partial charge in [0.15, 0.2) is 0 Å². The molecule has 1 aliphatic rings. The van der Waals surface area contributed by atoms with E-state index in [0.29, 0.717) is 13.0 Å². The lowest BCUT2D eigenvalue weighted by molar-refractivity contribution is -0.109. The molecule has 2 aromatic carbocycles. The molecule has 0 spiro atoms. The van der Waals surface area contributed by atoms with Gasteiger partial charge in [0, 0.05) is 13.0 Å². The van der Waals surface area contributed by atoms with Gasteiger partial charge in [0.2, 0.25) is 0 Å². The molecule has 1 fully saturated rings. The SMILES string of the molecule is CC(C)(C)[Si](OCC1(CC=O)CC1)(c1ccccc1)c1ccccc1. The van der Waals surface area contributed by atoms with E-state index in [0.717, 1.165) is 19.1 Å². The molecule has 132 valence electrons. The van der Waals surface area contributed by atoms with Gasteiger partial charge in [0.1, 0.15) is 6.29 Å². The van der Waals surface area contributed by atoms with Gasteiger partial charge in [-0.15, -0.1) is 0 Å². The van der Waals surface area contributed by atoms with Crippen molar-refractivity contribution >= 4 is 25.0 Å². The Balaban J connectivity index is 2.07. The van der Waals surface area contributed by atoms with Crippen LogP contribution in [0, 0.1) is 5.41 Å². The number of hydrogen-bond acceptors (Lipinski definition) is 2. The molecule has 0 unspecified atom stereocenters. The minimum absolute atomic E-state index is 0.00698. The van der Waals surface area contributed by atoms with Gasteiger partial charge in [-0.1, -0.05) is 81.4 Å². The summed E-state index contributed by atoms with van der Waals surface area (Å²) in [5.41, 5.74) is 0.0782. The summed E-state index contributed by atoms with van der Waals surface area (Å²) in [5.74, 6) is 0. The van der Waals surface area contributed by atoms with Crippen molar-refractivity contribution in [1.82, 2.24) is 0 Å². The topological polar surface area (TPSA) is 26.3 Å². The molecule has 0 N–H and O–H groups in total. The van der Waals surface area contributed by atoms with Crippen molar-refractivity contribution < 1.29 is 9.22 Å². The van der Waals surface area contributed by atoms with Gasteiger partial charge in [0.05, 0.1) is 0 Å². The minimum atomic E-state index is -2.46. The van der Waals surface area contributed by atoms with Crippen molar-refractivity contribution in [1.29, 1.82) is 0 Å². The van der Waals surface area contributed by atoms with Crippen LogP contribution in [0.5, 0.6) is 0 Å². The molecule has 0 heterocycles. The van der Waals surface area contributed by atoms with E-state index in [2.05, 4.69) is 81.4 Å². The maximum Gasteiger partial charge on any atom is 0.261 e. The number of carbonyl (C=O) groups excluding carboxylic acids is 1. The number of aldehydes is 1. The summed E-state index contributed by atoms with van der Waals surface area (Å²) >= 11 is 0. The first-order valence-corrected chi connectivity index (χ1v) is 11.0. The molecule has 0 saturated heterocycles. The number of benzene rings is 2. The summed E-state index contributed by atoms with van der Waals surface area (Å²) < 4.78 is 6.93. The molecule has 1 saturated carbocycles. The van der Waals surface area contributed by atoms with Gasteiger partial charge in [0.25, 0.3) is 8.32 Å². The number of hydrogen-bond donors (Lipinski definition) is 0. The molecule has 0 atom stereocenters. The molecule has 2 aromatic rings. The van der Waals surface area contributed by atoms with E-state index in [9.17, 15) is 4.79 Å². The van der Waals surface area contributed by atoms with Gasteiger partial charge >= 0.3 is 0 Å². The van der Waals surface area contributed by atoms with Gasteiger partial charge in [-0.05, 0) is 33.7 Å². The number of rotatable bonds is 7. The summed E-state index contributed by atoms with van der Waals surface area (Å²) in [7, 11) is -2.46. The quantitative estimate of drug-likeness (QED) is 0.557. The predicted octanol–water partition coefficient (Wildman–Crippen LogP) is 3.93. The van der Waals surface area contributed by atoms with E-state index in [1.165, 1.54) is 10.4 Å². The van der Waals surface area contributed by atoms with E-state index in [-0.39, 0.29) is 10.5 Å². The summed E-state index contributed by atoms with van der Waals surface area (Å²) in [6, 6.07) is 21.4. The average Bonchev–Trinajstić information content (AvgIpc) is 3.36. The van der Waals surface area contributed by atoms with Crippen molar-refractivity contribution in [2.45, 2.75) is 45.1 Å². The van der Waals surface area contributed by atoms with Crippen LogP contribution in [0.15, 0.2) is 60.7 Å². The molecule has 2 nitrogen and oxygen atoms in total. The first-order chi connectivity index (χ1) is 11.9. The zero-order chi connectivity index (χ0) is 18.0. The predicted molar refractivity (Wildman–Crippen MR) is 106 cm³/mol. The van der Waals surface area contributed by atoms with Gasteiger partial charge in [-0.25, -0.2) is 0 Å². The first kappa shape index (κ1) is 18.1. The standard InChI is InChI=1S/C22H28O2Si/c1-21(2,3)25(19-10-6-4-7-11-19,20-12-8-5-9-13-20)24-18-22(14-15-22)16-17-23/h4-13,17H,14-16,18H2,1-3H3. The highest BCUT2D eigenvalue weighted by Crippen LogP contribution is 2.50. The van der Waals surface area contributed by atoms with Gasteiger partial charge in [-0.3, -0.25) is 0 Å². The van der Waals surface area contributed by atoms with Crippen LogP contribution in [-0.4, -0.2) is 21.2 Å². The zero-order valence-corrected chi connectivity index (χ0v) is 16.5. The zero-order valence-electron chi connectivity index (χ0n) is 15.5. The maximum absolute atomic E-state index is 11.1. The Kier molecular flexibility index (Phi) is 4.98. The summed E-state index contributed by atoms with van der Waals surface area (Å²) in [5, 5.41) is 2.60. The third kappa shape index (κ3) is 3.49. The molecular formula is C22H28O2Si. The van der Waals surface area contributed by atoms with Crippen molar-refractivity contribution in [2.75, 3.05) is 6.61 Å². The smallest absolute Gasteiger partial charge is 0.261 e. The maximum atomic E-state index is 11.1. The molecule has 3 rings (SSSR count). The van der Waals surface area contributed by atoms with Crippen LogP contribution >= 0.6 is 0 Å². The average molecular weight is 353 g/mol. The highest BCUT2D eigenvalue weighted by Gasteiger charge is 2.53. The van der Waals surface area contributed by atoms with E-state index in [1.54, 1.807) is 0 Å². The summed E-state index contributed by atoms with van der Waals surface area (Å²) in [6.07, 6.45) is 3.88. The molecule has 0 amide bonds. The van der Waals surface area contributed by atoms with Crippen LogP contribution < -0.4 is 10.4 Å². The van der Waals surface area contributed by atoms with Crippen LogP contribution in [0.25, 0.3) is 0 Å². The summed E-state index contributed by atoms with van der Waals surface area (Å²) in [6.45, 7) is 7.55. The third-order valence-electron chi connectivity index (χ3n) is 5.49. The lowest BCUT2D eigenvalue weighted by Gasteiger charge is -2.43. The van der Waals surface area contributed by atoms with E-state index < -0.39 is 8.32 Å². The Bertz CT molecular complexity index is 660. The first-order valence-electron chi connectivity index (χ1n) is 9.12. The molecule has 0 bridgehead atoms. The fraction of sp³-hybridized carbons (Fsp3) is 0.409. The van der Waals surface area contributed by atoms with Crippen LogP contribution in [0.1, 0.15) is 40.0 Å². The second kappa shape index (κ2) is 6.89. The molecule has 0 radical (unpaired) electrons. The lowest BCUT2D eigenvalue weighted by Crippen LogP contribution is -2.67. The Morgan fingerprint density at radius 1 is 0.960 bits per heavy atom.